The zero-order valence-electron chi connectivity index (χ0n) is 14.5. The molecular formula is C18H21N3O5. The Morgan fingerprint density at radius 3 is 2.38 bits per heavy atom. The number of benzene rings is 1. The SMILES string of the molecule is CC1CCCN(C(=O)CC[C@@H](C(=O)O)N2C(=O)c3ccccc3C2=O)N1. The van der Waals surface area contributed by atoms with E-state index in [0.717, 1.165) is 17.7 Å². The highest BCUT2D eigenvalue weighted by atomic mass is 16.4. The van der Waals surface area contributed by atoms with E-state index < -0.39 is 23.8 Å². The van der Waals surface area contributed by atoms with E-state index in [2.05, 4.69) is 5.43 Å². The standard InChI is InChI=1S/C18H21N3O5/c1-11-5-4-10-20(19-11)15(22)9-8-14(18(25)26)21-16(23)12-6-2-3-7-13(12)17(21)24/h2-3,6-7,11,14,19H,4-5,8-10H2,1H3,(H,25,26)/t11?,14-/m0/s1. The van der Waals surface area contributed by atoms with Gasteiger partial charge in [0, 0.05) is 19.0 Å². The van der Waals surface area contributed by atoms with Crippen LogP contribution < -0.4 is 5.43 Å². The molecule has 26 heavy (non-hydrogen) atoms. The molecule has 8 heteroatoms. The first-order chi connectivity index (χ1) is 12.4. The monoisotopic (exact) mass is 359 g/mol. The number of nitrogens with zero attached hydrogens (tertiary/aromatic N) is 2. The van der Waals surface area contributed by atoms with Crippen LogP contribution in [0.2, 0.25) is 0 Å². The number of fused-ring (bicyclic) bond motifs is 1. The second kappa shape index (κ2) is 7.25. The van der Waals surface area contributed by atoms with Gasteiger partial charge in [-0.05, 0) is 38.3 Å². The van der Waals surface area contributed by atoms with E-state index >= 15 is 0 Å². The number of carboxylic acid groups (broad SMARTS) is 1. The third-order valence-corrected chi connectivity index (χ3v) is 4.75. The zero-order chi connectivity index (χ0) is 18.8. The van der Waals surface area contributed by atoms with Gasteiger partial charge in [-0.25, -0.2) is 10.2 Å². The number of amides is 3. The van der Waals surface area contributed by atoms with Crippen molar-refractivity contribution in [1.29, 1.82) is 0 Å². The number of imide groups is 1. The molecule has 1 fully saturated rings. The van der Waals surface area contributed by atoms with E-state index in [1.807, 2.05) is 6.92 Å². The fraction of sp³-hybridized carbons (Fsp3) is 0.444. The molecule has 0 spiro atoms. The summed E-state index contributed by atoms with van der Waals surface area (Å²) in [5.74, 6) is -2.79. The van der Waals surface area contributed by atoms with E-state index in [4.69, 9.17) is 0 Å². The third kappa shape index (κ3) is 3.32. The molecule has 2 atom stereocenters. The number of carboxylic acids is 1. The zero-order valence-corrected chi connectivity index (χ0v) is 14.5. The molecule has 1 aromatic rings. The number of hydrazine groups is 1. The van der Waals surface area contributed by atoms with E-state index in [1.165, 1.54) is 17.1 Å². The van der Waals surface area contributed by atoms with Gasteiger partial charge in [-0.1, -0.05) is 12.1 Å². The van der Waals surface area contributed by atoms with Gasteiger partial charge in [-0.3, -0.25) is 24.3 Å². The van der Waals surface area contributed by atoms with E-state index in [9.17, 15) is 24.3 Å². The van der Waals surface area contributed by atoms with Gasteiger partial charge in [-0.2, -0.15) is 0 Å². The molecule has 8 nitrogen and oxygen atoms in total. The smallest absolute Gasteiger partial charge is 0.326 e. The maximum Gasteiger partial charge on any atom is 0.326 e. The number of carbonyl (C=O) groups is 4. The molecule has 0 saturated carbocycles. The summed E-state index contributed by atoms with van der Waals surface area (Å²) in [6, 6.07) is 5.05. The van der Waals surface area contributed by atoms with Crippen molar-refractivity contribution < 1.29 is 24.3 Å². The summed E-state index contributed by atoms with van der Waals surface area (Å²) in [5, 5.41) is 11.0. The van der Waals surface area contributed by atoms with Crippen molar-refractivity contribution in [1.82, 2.24) is 15.3 Å². The van der Waals surface area contributed by atoms with E-state index in [0.29, 0.717) is 6.54 Å². The minimum absolute atomic E-state index is 0.0654. The molecule has 2 N–H and O–H groups in total. The maximum atomic E-state index is 12.5. The fourth-order valence-electron chi connectivity index (χ4n) is 3.40. The van der Waals surface area contributed by atoms with Gasteiger partial charge in [0.1, 0.15) is 6.04 Å². The number of hydrogen-bond donors (Lipinski definition) is 2. The second-order valence-electron chi connectivity index (χ2n) is 6.64. The summed E-state index contributed by atoms with van der Waals surface area (Å²) in [6.45, 7) is 2.53. The normalized spacial score (nSPS) is 20.9. The van der Waals surface area contributed by atoms with Gasteiger partial charge in [0.05, 0.1) is 11.1 Å². The first-order valence-electron chi connectivity index (χ1n) is 8.66. The predicted molar refractivity (Wildman–Crippen MR) is 91.1 cm³/mol. The van der Waals surface area contributed by atoms with Gasteiger partial charge in [0.25, 0.3) is 11.8 Å². The van der Waals surface area contributed by atoms with Gasteiger partial charge in [0.2, 0.25) is 5.91 Å². The Balaban J connectivity index is 1.71. The number of aliphatic carboxylic acids is 1. The summed E-state index contributed by atoms with van der Waals surface area (Å²) in [4.78, 5) is 49.7. The molecular weight excluding hydrogens is 338 g/mol. The fourth-order valence-corrected chi connectivity index (χ4v) is 3.40. The molecule has 1 aromatic carbocycles. The number of carbonyl (C=O) groups excluding carboxylic acids is 3. The van der Waals surface area contributed by atoms with Gasteiger partial charge >= 0.3 is 5.97 Å². The molecule has 3 rings (SSSR count). The second-order valence-corrected chi connectivity index (χ2v) is 6.64. The Kier molecular flexibility index (Phi) is 5.03. The lowest BCUT2D eigenvalue weighted by Gasteiger charge is -2.32. The molecule has 1 saturated heterocycles. The van der Waals surface area contributed by atoms with Crippen LogP contribution in [0.1, 0.15) is 53.3 Å². The lowest BCUT2D eigenvalue weighted by molar-refractivity contribution is -0.142. The van der Waals surface area contributed by atoms with Crippen LogP contribution in [-0.2, 0) is 9.59 Å². The largest absolute Gasteiger partial charge is 0.480 e. The van der Waals surface area contributed by atoms with Gasteiger partial charge in [0.15, 0.2) is 0 Å². The number of rotatable bonds is 5. The highest BCUT2D eigenvalue weighted by Crippen LogP contribution is 2.26. The Labute approximate surface area is 150 Å². The van der Waals surface area contributed by atoms with Crippen LogP contribution in [0.15, 0.2) is 24.3 Å². The third-order valence-electron chi connectivity index (χ3n) is 4.75. The van der Waals surface area contributed by atoms with Crippen LogP contribution in [0.4, 0.5) is 0 Å². The van der Waals surface area contributed by atoms with Gasteiger partial charge < -0.3 is 5.11 Å². The summed E-state index contributed by atoms with van der Waals surface area (Å²) in [6.07, 6.45) is 1.66. The minimum atomic E-state index is -1.37. The molecule has 1 unspecified atom stereocenters. The minimum Gasteiger partial charge on any atom is -0.480 e. The van der Waals surface area contributed by atoms with Crippen molar-refractivity contribution in [3.63, 3.8) is 0 Å². The Hall–Kier alpha value is -2.74. The van der Waals surface area contributed by atoms with Crippen LogP contribution in [-0.4, -0.2) is 57.3 Å². The molecule has 2 aliphatic rings. The van der Waals surface area contributed by atoms with Crippen molar-refractivity contribution in [2.75, 3.05) is 6.54 Å². The average molecular weight is 359 g/mol. The first-order valence-corrected chi connectivity index (χ1v) is 8.66. The number of nitrogens with one attached hydrogen (secondary N) is 1. The Bertz CT molecular complexity index is 728. The van der Waals surface area contributed by atoms with Crippen molar-refractivity contribution in [2.24, 2.45) is 0 Å². The summed E-state index contributed by atoms with van der Waals surface area (Å²) >= 11 is 0. The predicted octanol–water partition coefficient (Wildman–Crippen LogP) is 1.03. The highest BCUT2D eigenvalue weighted by Gasteiger charge is 2.42. The van der Waals surface area contributed by atoms with Crippen molar-refractivity contribution in [3.8, 4) is 0 Å². The Morgan fingerprint density at radius 2 is 1.85 bits per heavy atom. The topological polar surface area (TPSA) is 107 Å². The van der Waals surface area contributed by atoms with Crippen molar-refractivity contribution in [3.05, 3.63) is 35.4 Å². The summed E-state index contributed by atoms with van der Waals surface area (Å²) < 4.78 is 0. The first kappa shape index (κ1) is 18.1. The van der Waals surface area contributed by atoms with Gasteiger partial charge in [-0.15, -0.1) is 0 Å². The van der Waals surface area contributed by atoms with E-state index in [1.54, 1.807) is 12.1 Å². The van der Waals surface area contributed by atoms with Crippen LogP contribution in [0.3, 0.4) is 0 Å². The van der Waals surface area contributed by atoms with Crippen LogP contribution in [0.5, 0.6) is 0 Å². The molecule has 3 amide bonds. The summed E-state index contributed by atoms with van der Waals surface area (Å²) in [5.41, 5.74) is 3.45. The highest BCUT2D eigenvalue weighted by molar-refractivity contribution is 6.22. The molecule has 0 aromatic heterocycles. The van der Waals surface area contributed by atoms with E-state index in [-0.39, 0.29) is 35.9 Å². The van der Waals surface area contributed by atoms with Crippen LogP contribution >= 0.6 is 0 Å². The Morgan fingerprint density at radius 1 is 1.23 bits per heavy atom. The molecule has 0 aliphatic carbocycles. The van der Waals surface area contributed by atoms with Crippen LogP contribution in [0.25, 0.3) is 0 Å². The quantitative estimate of drug-likeness (QED) is 0.761. The summed E-state index contributed by atoms with van der Waals surface area (Å²) in [7, 11) is 0. The van der Waals surface area contributed by atoms with Crippen LogP contribution in [0, 0.1) is 0 Å². The lowest BCUT2D eigenvalue weighted by Crippen LogP contribution is -2.52. The molecule has 138 valence electrons. The molecule has 0 bridgehead atoms. The molecule has 2 heterocycles. The maximum absolute atomic E-state index is 12.5. The average Bonchev–Trinajstić information content (AvgIpc) is 2.87. The lowest BCUT2D eigenvalue weighted by atomic mass is 10.1. The molecule has 2 aliphatic heterocycles. The van der Waals surface area contributed by atoms with Crippen molar-refractivity contribution >= 4 is 23.7 Å². The molecule has 0 radical (unpaired) electrons. The van der Waals surface area contributed by atoms with Crippen molar-refractivity contribution in [2.45, 2.75) is 44.7 Å². The number of hydrogen-bond acceptors (Lipinski definition) is 5.